The number of hydrogen-bond acceptors (Lipinski definition) is 4. The first-order valence-corrected chi connectivity index (χ1v) is 16.0. The molecule has 0 aromatic rings. The topological polar surface area (TPSA) is 80.7 Å². The van der Waals surface area contributed by atoms with Gasteiger partial charge in [0.1, 0.15) is 0 Å². The van der Waals surface area contributed by atoms with Gasteiger partial charge in [0.05, 0.1) is 0 Å². The molecule has 0 aromatic heterocycles. The van der Waals surface area contributed by atoms with Crippen LogP contribution in [0.15, 0.2) is 0 Å². The largest absolute Gasteiger partial charge is 0.444 e. The number of esters is 1. The zero-order valence-corrected chi connectivity index (χ0v) is 23.4. The van der Waals surface area contributed by atoms with Crippen molar-refractivity contribution in [1.29, 1.82) is 0 Å². The Balaban J connectivity index is 3.26. The SMILES string of the molecule is CCCCCCCCCCCCCCCCCCCCCCCCCC(OC(C)=O)S(=O)(=O)O. The minimum atomic E-state index is -4.33. The van der Waals surface area contributed by atoms with Crippen molar-refractivity contribution in [2.75, 3.05) is 0 Å². The lowest BCUT2D eigenvalue weighted by Gasteiger charge is -2.13. The van der Waals surface area contributed by atoms with Crippen LogP contribution in [0.1, 0.15) is 168 Å². The van der Waals surface area contributed by atoms with Crippen molar-refractivity contribution in [1.82, 2.24) is 0 Å². The summed E-state index contributed by atoms with van der Waals surface area (Å²) in [6.07, 6.45) is 30.3. The molecule has 1 N–H and O–H groups in total. The van der Waals surface area contributed by atoms with E-state index in [0.29, 0.717) is 6.42 Å². The van der Waals surface area contributed by atoms with E-state index in [4.69, 9.17) is 4.55 Å². The summed E-state index contributed by atoms with van der Waals surface area (Å²) in [6.45, 7) is 3.43. The van der Waals surface area contributed by atoms with Crippen LogP contribution in [0.25, 0.3) is 0 Å². The minimum Gasteiger partial charge on any atom is -0.444 e. The van der Waals surface area contributed by atoms with Gasteiger partial charge in [0.2, 0.25) is 5.44 Å². The van der Waals surface area contributed by atoms with Gasteiger partial charge in [0, 0.05) is 13.3 Å². The molecule has 204 valence electrons. The smallest absolute Gasteiger partial charge is 0.304 e. The Kier molecular flexibility index (Phi) is 23.7. The molecule has 0 radical (unpaired) electrons. The molecule has 6 heteroatoms. The van der Waals surface area contributed by atoms with Gasteiger partial charge in [0.25, 0.3) is 0 Å². The molecular weight excluding hydrogens is 448 g/mol. The van der Waals surface area contributed by atoms with Gasteiger partial charge < -0.3 is 4.74 Å². The predicted octanol–water partition coefficient (Wildman–Crippen LogP) is 9.15. The molecule has 0 aliphatic heterocycles. The zero-order chi connectivity index (χ0) is 25.3. The standard InChI is InChI=1S/C28H56O5S/c1-3-4-5-6-7-8-9-10-11-12-13-14-15-16-17-18-19-20-21-22-23-24-25-26-28(33-27(2)29)34(30,31)32/h28H,3-26H2,1-2H3,(H,30,31,32). The van der Waals surface area contributed by atoms with E-state index in [2.05, 4.69) is 11.7 Å². The Morgan fingerprint density at radius 3 is 1.09 bits per heavy atom. The van der Waals surface area contributed by atoms with Crippen molar-refractivity contribution in [2.45, 2.75) is 173 Å². The second-order valence-electron chi connectivity index (χ2n) is 10.1. The van der Waals surface area contributed by atoms with Gasteiger partial charge >= 0.3 is 16.1 Å². The molecule has 5 nitrogen and oxygen atoms in total. The number of ether oxygens (including phenoxy) is 1. The summed E-state index contributed by atoms with van der Waals surface area (Å²) in [7, 11) is -4.33. The number of carbonyl (C=O) groups excluding carboxylic acids is 1. The van der Waals surface area contributed by atoms with Crippen molar-refractivity contribution < 1.29 is 22.5 Å². The molecule has 0 bridgehead atoms. The third kappa shape index (κ3) is 24.5. The predicted molar refractivity (Wildman–Crippen MR) is 144 cm³/mol. The fourth-order valence-electron chi connectivity index (χ4n) is 4.55. The second-order valence-corrected chi connectivity index (χ2v) is 11.7. The first-order valence-electron chi connectivity index (χ1n) is 14.5. The van der Waals surface area contributed by atoms with Crippen LogP contribution < -0.4 is 0 Å². The van der Waals surface area contributed by atoms with E-state index in [-0.39, 0.29) is 6.42 Å². The van der Waals surface area contributed by atoms with E-state index in [1.807, 2.05) is 0 Å². The molecule has 0 saturated heterocycles. The maximum Gasteiger partial charge on any atom is 0.304 e. The highest BCUT2D eigenvalue weighted by atomic mass is 32.2. The molecular formula is C28H56O5S. The van der Waals surface area contributed by atoms with Crippen LogP contribution in [0.4, 0.5) is 0 Å². The number of carbonyl (C=O) groups is 1. The van der Waals surface area contributed by atoms with E-state index < -0.39 is 21.5 Å². The lowest BCUT2D eigenvalue weighted by atomic mass is 10.0. The van der Waals surface area contributed by atoms with Crippen LogP contribution in [0.5, 0.6) is 0 Å². The van der Waals surface area contributed by atoms with Crippen molar-refractivity contribution in [3.63, 3.8) is 0 Å². The molecule has 0 rings (SSSR count). The van der Waals surface area contributed by atoms with Gasteiger partial charge in [-0.05, 0) is 6.42 Å². The maximum atomic E-state index is 11.2. The average Bonchev–Trinajstić information content (AvgIpc) is 2.78. The van der Waals surface area contributed by atoms with Crippen LogP contribution in [0, 0.1) is 0 Å². The van der Waals surface area contributed by atoms with Gasteiger partial charge in [-0.2, -0.15) is 8.42 Å². The fourth-order valence-corrected chi connectivity index (χ4v) is 5.27. The number of unbranched alkanes of at least 4 members (excludes halogenated alkanes) is 22. The molecule has 0 heterocycles. The Morgan fingerprint density at radius 1 is 0.588 bits per heavy atom. The lowest BCUT2D eigenvalue weighted by molar-refractivity contribution is -0.143. The quantitative estimate of drug-likeness (QED) is 0.0721. The summed E-state index contributed by atoms with van der Waals surface area (Å²) in [5.41, 5.74) is -1.42. The van der Waals surface area contributed by atoms with Gasteiger partial charge in [-0.3, -0.25) is 9.35 Å². The second kappa shape index (κ2) is 24.1. The van der Waals surface area contributed by atoms with Crippen molar-refractivity contribution in [2.24, 2.45) is 0 Å². The minimum absolute atomic E-state index is 0.164. The third-order valence-electron chi connectivity index (χ3n) is 6.67. The molecule has 0 saturated carbocycles. The first kappa shape index (κ1) is 33.4. The highest BCUT2D eigenvalue weighted by molar-refractivity contribution is 7.86. The summed E-state index contributed by atoms with van der Waals surface area (Å²) >= 11 is 0. The van der Waals surface area contributed by atoms with E-state index >= 15 is 0 Å². The summed E-state index contributed by atoms with van der Waals surface area (Å²) < 4.78 is 36.2. The van der Waals surface area contributed by atoms with Crippen molar-refractivity contribution in [3.8, 4) is 0 Å². The lowest BCUT2D eigenvalue weighted by Crippen LogP contribution is -2.25. The highest BCUT2D eigenvalue weighted by Crippen LogP contribution is 2.17. The summed E-state index contributed by atoms with van der Waals surface area (Å²) in [4.78, 5) is 10.9. The van der Waals surface area contributed by atoms with Crippen molar-refractivity contribution >= 4 is 16.1 Å². The van der Waals surface area contributed by atoms with Gasteiger partial charge in [-0.1, -0.05) is 148 Å². The number of rotatable bonds is 26. The third-order valence-corrected chi connectivity index (χ3v) is 7.67. The first-order chi connectivity index (χ1) is 16.4. The summed E-state index contributed by atoms with van der Waals surface area (Å²) in [5.74, 6) is -0.684. The molecule has 1 atom stereocenters. The van der Waals surface area contributed by atoms with Crippen LogP contribution in [0.2, 0.25) is 0 Å². The van der Waals surface area contributed by atoms with Crippen LogP contribution in [-0.4, -0.2) is 24.4 Å². The van der Waals surface area contributed by atoms with Crippen LogP contribution in [0.3, 0.4) is 0 Å². The zero-order valence-electron chi connectivity index (χ0n) is 22.5. The fraction of sp³-hybridized carbons (Fsp3) is 0.964. The highest BCUT2D eigenvalue weighted by Gasteiger charge is 2.25. The summed E-state index contributed by atoms with van der Waals surface area (Å²) in [5, 5.41) is 0. The van der Waals surface area contributed by atoms with Gasteiger partial charge in [0.15, 0.2) is 0 Å². The molecule has 0 aromatic carbocycles. The van der Waals surface area contributed by atoms with Gasteiger partial charge in [-0.15, -0.1) is 0 Å². The molecule has 0 fully saturated rings. The number of hydrogen-bond donors (Lipinski definition) is 1. The molecule has 1 unspecified atom stereocenters. The Morgan fingerprint density at radius 2 is 0.853 bits per heavy atom. The summed E-state index contributed by atoms with van der Waals surface area (Å²) in [6, 6.07) is 0. The van der Waals surface area contributed by atoms with E-state index in [9.17, 15) is 13.2 Å². The van der Waals surface area contributed by atoms with E-state index in [1.54, 1.807) is 0 Å². The Labute approximate surface area is 211 Å². The Bertz CT molecular complexity index is 547. The molecule has 0 spiro atoms. The van der Waals surface area contributed by atoms with Crippen LogP contribution in [-0.2, 0) is 19.6 Å². The Hall–Kier alpha value is -0.620. The average molecular weight is 505 g/mol. The van der Waals surface area contributed by atoms with Gasteiger partial charge in [-0.25, -0.2) is 0 Å². The van der Waals surface area contributed by atoms with Crippen molar-refractivity contribution in [3.05, 3.63) is 0 Å². The molecule has 34 heavy (non-hydrogen) atoms. The molecule has 0 aliphatic rings. The monoisotopic (exact) mass is 504 g/mol. The maximum absolute atomic E-state index is 11.2. The van der Waals surface area contributed by atoms with E-state index in [0.717, 1.165) is 26.2 Å². The van der Waals surface area contributed by atoms with Crippen LogP contribution >= 0.6 is 0 Å². The molecule has 0 aliphatic carbocycles. The normalized spacial score (nSPS) is 12.7. The molecule has 0 amide bonds. The van der Waals surface area contributed by atoms with E-state index in [1.165, 1.54) is 122 Å².